The molecule has 1 amide bonds. The molecular formula is C14H24N2O3. The normalized spacial score (nSPS) is 35.4. The maximum atomic E-state index is 12.6. The van der Waals surface area contributed by atoms with Crippen molar-refractivity contribution in [3.05, 3.63) is 0 Å². The first-order valence-corrected chi connectivity index (χ1v) is 7.29. The minimum absolute atomic E-state index is 0.00810. The number of carboxylic acid groups (broad SMARTS) is 1. The predicted molar refractivity (Wildman–Crippen MR) is 71.4 cm³/mol. The number of carboxylic acids is 1. The summed E-state index contributed by atoms with van der Waals surface area (Å²) in [6.07, 6.45) is 4.73. The van der Waals surface area contributed by atoms with Crippen molar-refractivity contribution >= 4 is 11.9 Å². The summed E-state index contributed by atoms with van der Waals surface area (Å²) in [5, 5.41) is 9.13. The lowest BCUT2D eigenvalue weighted by molar-refractivity contribution is -0.144. The molecule has 0 aromatic carbocycles. The molecule has 2 fully saturated rings. The summed E-state index contributed by atoms with van der Waals surface area (Å²) in [5.41, 5.74) is 5.78. The number of nitrogens with two attached hydrogens (primary N) is 1. The van der Waals surface area contributed by atoms with Crippen molar-refractivity contribution in [2.45, 2.75) is 45.1 Å². The van der Waals surface area contributed by atoms with Crippen molar-refractivity contribution < 1.29 is 14.7 Å². The monoisotopic (exact) mass is 268 g/mol. The van der Waals surface area contributed by atoms with Crippen LogP contribution in [0.2, 0.25) is 0 Å². The summed E-state index contributed by atoms with van der Waals surface area (Å²) in [6, 6.07) is -0.189. The number of rotatable bonds is 3. The van der Waals surface area contributed by atoms with Gasteiger partial charge in [-0.05, 0) is 38.6 Å². The molecule has 2 rings (SSSR count). The van der Waals surface area contributed by atoms with Crippen LogP contribution in [0.25, 0.3) is 0 Å². The van der Waals surface area contributed by atoms with Crippen LogP contribution in [0.1, 0.15) is 39.0 Å². The summed E-state index contributed by atoms with van der Waals surface area (Å²) in [5.74, 6) is -0.789. The van der Waals surface area contributed by atoms with Crippen LogP contribution in [0.15, 0.2) is 0 Å². The van der Waals surface area contributed by atoms with Gasteiger partial charge in [-0.2, -0.15) is 0 Å². The van der Waals surface area contributed by atoms with Gasteiger partial charge in [-0.25, -0.2) is 0 Å². The van der Waals surface area contributed by atoms with Crippen molar-refractivity contribution in [3.8, 4) is 0 Å². The Labute approximate surface area is 114 Å². The second kappa shape index (κ2) is 5.90. The average Bonchev–Trinajstić information content (AvgIpc) is 2.80. The molecule has 1 aliphatic carbocycles. The molecule has 5 heteroatoms. The van der Waals surface area contributed by atoms with E-state index in [9.17, 15) is 9.59 Å². The Bertz CT molecular complexity index is 359. The number of carbonyl (C=O) groups excluding carboxylic acids is 1. The third kappa shape index (κ3) is 2.76. The molecular weight excluding hydrogens is 244 g/mol. The number of likely N-dealkylation sites (tertiary alicyclic amines) is 1. The van der Waals surface area contributed by atoms with E-state index >= 15 is 0 Å². The Morgan fingerprint density at radius 1 is 1.21 bits per heavy atom. The van der Waals surface area contributed by atoms with Gasteiger partial charge in [0.05, 0.1) is 5.92 Å². The molecule has 1 heterocycles. The average molecular weight is 268 g/mol. The van der Waals surface area contributed by atoms with E-state index in [0.29, 0.717) is 19.5 Å². The lowest BCUT2D eigenvalue weighted by atomic mass is 9.78. The molecule has 5 nitrogen and oxygen atoms in total. The topological polar surface area (TPSA) is 83.6 Å². The Morgan fingerprint density at radius 2 is 1.89 bits per heavy atom. The van der Waals surface area contributed by atoms with Gasteiger partial charge in [0, 0.05) is 18.5 Å². The van der Waals surface area contributed by atoms with Crippen LogP contribution < -0.4 is 5.73 Å². The Morgan fingerprint density at radius 3 is 2.47 bits per heavy atom. The van der Waals surface area contributed by atoms with E-state index in [-0.39, 0.29) is 23.8 Å². The Hall–Kier alpha value is -1.10. The van der Waals surface area contributed by atoms with Crippen LogP contribution in [0, 0.1) is 17.8 Å². The van der Waals surface area contributed by atoms with Crippen molar-refractivity contribution in [3.63, 3.8) is 0 Å². The van der Waals surface area contributed by atoms with E-state index in [1.165, 1.54) is 0 Å². The van der Waals surface area contributed by atoms with E-state index in [1.807, 2.05) is 6.92 Å². The number of aliphatic carboxylic acids is 1. The van der Waals surface area contributed by atoms with E-state index in [4.69, 9.17) is 10.8 Å². The van der Waals surface area contributed by atoms with Crippen molar-refractivity contribution in [2.24, 2.45) is 23.5 Å². The molecule has 1 saturated heterocycles. The van der Waals surface area contributed by atoms with Gasteiger partial charge in [0.2, 0.25) is 5.91 Å². The minimum atomic E-state index is -0.790. The lowest BCUT2D eigenvalue weighted by Crippen LogP contribution is -2.45. The van der Waals surface area contributed by atoms with Crippen LogP contribution >= 0.6 is 0 Å². The minimum Gasteiger partial charge on any atom is -0.481 e. The lowest BCUT2D eigenvalue weighted by Gasteiger charge is -2.34. The second-order valence-corrected chi connectivity index (χ2v) is 5.89. The first-order chi connectivity index (χ1) is 9.06. The predicted octanol–water partition coefficient (Wildman–Crippen LogP) is 1.07. The van der Waals surface area contributed by atoms with Crippen molar-refractivity contribution in [1.82, 2.24) is 4.90 Å². The summed E-state index contributed by atoms with van der Waals surface area (Å²) >= 11 is 0. The van der Waals surface area contributed by atoms with Crippen molar-refractivity contribution in [1.29, 1.82) is 0 Å². The third-order valence-corrected chi connectivity index (χ3v) is 4.88. The zero-order valence-electron chi connectivity index (χ0n) is 11.5. The highest BCUT2D eigenvalue weighted by Gasteiger charge is 2.42. The highest BCUT2D eigenvalue weighted by Crippen LogP contribution is 2.34. The standard InChI is InChI=1S/C14H24N2O3/c1-9-11(14(18)19)6-7-16(9)13(17)12-5-3-2-4-10(12)8-15/h9-12H,2-8,15H2,1H3,(H,18,19). The van der Waals surface area contributed by atoms with Crippen molar-refractivity contribution in [2.75, 3.05) is 13.1 Å². The second-order valence-electron chi connectivity index (χ2n) is 5.89. The molecule has 0 radical (unpaired) electrons. The van der Waals surface area contributed by atoms with Crippen LogP contribution in [0.5, 0.6) is 0 Å². The van der Waals surface area contributed by atoms with E-state index in [0.717, 1.165) is 25.7 Å². The molecule has 1 saturated carbocycles. The molecule has 4 unspecified atom stereocenters. The summed E-state index contributed by atoms with van der Waals surface area (Å²) in [4.78, 5) is 25.5. The Balaban J connectivity index is 2.05. The highest BCUT2D eigenvalue weighted by atomic mass is 16.4. The van der Waals surface area contributed by atoms with Gasteiger partial charge in [-0.3, -0.25) is 9.59 Å². The number of hydrogen-bond donors (Lipinski definition) is 2. The molecule has 0 aromatic rings. The van der Waals surface area contributed by atoms with Crippen LogP contribution in [0.3, 0.4) is 0 Å². The van der Waals surface area contributed by atoms with Crippen LogP contribution in [-0.2, 0) is 9.59 Å². The van der Waals surface area contributed by atoms with E-state index in [2.05, 4.69) is 0 Å². The quantitative estimate of drug-likeness (QED) is 0.802. The number of amides is 1. The molecule has 108 valence electrons. The zero-order chi connectivity index (χ0) is 14.0. The molecule has 1 aliphatic heterocycles. The number of nitrogens with zero attached hydrogens (tertiary/aromatic N) is 1. The molecule has 0 spiro atoms. The molecule has 0 bridgehead atoms. The fourth-order valence-corrected chi connectivity index (χ4v) is 3.61. The molecule has 4 atom stereocenters. The molecule has 2 aliphatic rings. The fraction of sp³-hybridized carbons (Fsp3) is 0.857. The van der Waals surface area contributed by atoms with Gasteiger partial charge in [0.15, 0.2) is 0 Å². The Kier molecular flexibility index (Phi) is 4.45. The molecule has 3 N–H and O–H groups in total. The zero-order valence-corrected chi connectivity index (χ0v) is 11.5. The maximum absolute atomic E-state index is 12.6. The number of carbonyl (C=O) groups is 2. The summed E-state index contributed by atoms with van der Waals surface area (Å²) < 4.78 is 0. The van der Waals surface area contributed by atoms with Crippen LogP contribution in [0.4, 0.5) is 0 Å². The first kappa shape index (κ1) is 14.3. The van der Waals surface area contributed by atoms with Gasteiger partial charge in [-0.1, -0.05) is 12.8 Å². The van der Waals surface area contributed by atoms with Crippen LogP contribution in [-0.4, -0.2) is 41.0 Å². The SMILES string of the molecule is CC1C(C(=O)O)CCN1C(=O)C1CCCCC1CN. The summed E-state index contributed by atoms with van der Waals surface area (Å²) in [6.45, 7) is 2.98. The molecule has 0 aromatic heterocycles. The molecule has 19 heavy (non-hydrogen) atoms. The van der Waals surface area contributed by atoms with Gasteiger partial charge in [-0.15, -0.1) is 0 Å². The van der Waals surface area contributed by atoms with E-state index < -0.39 is 11.9 Å². The smallest absolute Gasteiger partial charge is 0.308 e. The van der Waals surface area contributed by atoms with Gasteiger partial charge >= 0.3 is 5.97 Å². The first-order valence-electron chi connectivity index (χ1n) is 7.29. The van der Waals surface area contributed by atoms with Gasteiger partial charge in [0.25, 0.3) is 0 Å². The highest BCUT2D eigenvalue weighted by molar-refractivity contribution is 5.81. The van der Waals surface area contributed by atoms with Gasteiger partial charge in [0.1, 0.15) is 0 Å². The fourth-order valence-electron chi connectivity index (χ4n) is 3.61. The maximum Gasteiger partial charge on any atom is 0.308 e. The number of hydrogen-bond acceptors (Lipinski definition) is 3. The van der Waals surface area contributed by atoms with Gasteiger partial charge < -0.3 is 15.7 Å². The third-order valence-electron chi connectivity index (χ3n) is 4.88. The summed E-state index contributed by atoms with van der Waals surface area (Å²) in [7, 11) is 0. The van der Waals surface area contributed by atoms with E-state index in [1.54, 1.807) is 4.90 Å². The largest absolute Gasteiger partial charge is 0.481 e.